The summed E-state index contributed by atoms with van der Waals surface area (Å²) in [6.45, 7) is 0. The number of amides is 1. The van der Waals surface area contributed by atoms with Crippen LogP contribution in [0.15, 0.2) is 79.0 Å². The first-order valence-electron chi connectivity index (χ1n) is 8.23. The maximum atomic E-state index is 12.0. The van der Waals surface area contributed by atoms with E-state index in [1.54, 1.807) is 12.0 Å². The van der Waals surface area contributed by atoms with Crippen molar-refractivity contribution >= 4 is 23.6 Å². The van der Waals surface area contributed by atoms with E-state index >= 15 is 0 Å². The minimum atomic E-state index is 0.701. The van der Waals surface area contributed by atoms with Gasteiger partial charge in [0.1, 0.15) is 17.1 Å². The number of hydrogen-bond donors (Lipinski definition) is 0. The van der Waals surface area contributed by atoms with Crippen LogP contribution in [0, 0.1) is 0 Å². The Bertz CT molecular complexity index is 1040. The molecular formula is C21H17N3O2. The van der Waals surface area contributed by atoms with Crippen LogP contribution in [-0.4, -0.2) is 22.9 Å². The van der Waals surface area contributed by atoms with Gasteiger partial charge in [0.05, 0.1) is 12.8 Å². The van der Waals surface area contributed by atoms with Crippen LogP contribution in [0.4, 0.5) is 11.5 Å². The third-order valence-corrected chi connectivity index (χ3v) is 4.24. The highest BCUT2D eigenvalue weighted by Gasteiger charge is 2.21. The number of ether oxygens (including phenoxy) is 1. The summed E-state index contributed by atoms with van der Waals surface area (Å²) >= 11 is 0. The van der Waals surface area contributed by atoms with Crippen LogP contribution in [0.2, 0.25) is 0 Å². The van der Waals surface area contributed by atoms with Crippen LogP contribution < -0.4 is 9.64 Å². The Balaban J connectivity index is 1.94. The van der Waals surface area contributed by atoms with Gasteiger partial charge in [-0.15, -0.1) is 0 Å². The smallest absolute Gasteiger partial charge is 0.219 e. The molecule has 0 spiro atoms. The molecule has 0 fully saturated rings. The summed E-state index contributed by atoms with van der Waals surface area (Å²) < 4.78 is 7.13. The molecule has 128 valence electrons. The number of fused-ring (bicyclic) bond motifs is 1. The van der Waals surface area contributed by atoms with Crippen LogP contribution in [0.1, 0.15) is 0 Å². The van der Waals surface area contributed by atoms with Gasteiger partial charge in [0.25, 0.3) is 0 Å². The lowest BCUT2D eigenvalue weighted by molar-refractivity contribution is -0.106. The molecule has 0 radical (unpaired) electrons. The normalized spacial score (nSPS) is 10.7. The van der Waals surface area contributed by atoms with Gasteiger partial charge in [-0.1, -0.05) is 36.4 Å². The van der Waals surface area contributed by atoms with Crippen molar-refractivity contribution < 1.29 is 9.53 Å². The van der Waals surface area contributed by atoms with E-state index in [0.29, 0.717) is 5.82 Å². The topological polar surface area (TPSA) is 46.8 Å². The summed E-state index contributed by atoms with van der Waals surface area (Å²) in [5.41, 5.74) is 3.22. The summed E-state index contributed by atoms with van der Waals surface area (Å²) in [4.78, 5) is 18.4. The van der Waals surface area contributed by atoms with Gasteiger partial charge in [0.15, 0.2) is 5.82 Å². The second-order valence-electron chi connectivity index (χ2n) is 5.75. The molecule has 26 heavy (non-hydrogen) atoms. The molecule has 5 heteroatoms. The van der Waals surface area contributed by atoms with E-state index in [4.69, 9.17) is 9.72 Å². The van der Waals surface area contributed by atoms with Gasteiger partial charge >= 0.3 is 0 Å². The Labute approximate surface area is 151 Å². The standard InChI is InChI=1S/C21H17N3O2/c1-26-18-12-10-17(11-13-18)24(15-25)21-20(16-7-3-2-4-8-16)22-19-9-5-6-14-23(19)21/h2-15H,1H3. The molecule has 0 aliphatic rings. The largest absolute Gasteiger partial charge is 0.497 e. The Kier molecular flexibility index (Phi) is 4.11. The zero-order chi connectivity index (χ0) is 17.9. The molecule has 1 amide bonds. The molecule has 0 unspecified atom stereocenters. The predicted molar refractivity (Wildman–Crippen MR) is 102 cm³/mol. The third kappa shape index (κ3) is 2.69. The van der Waals surface area contributed by atoms with Gasteiger partial charge in [0, 0.05) is 11.8 Å². The van der Waals surface area contributed by atoms with E-state index in [-0.39, 0.29) is 0 Å². The summed E-state index contributed by atoms with van der Waals surface area (Å²) in [6, 6.07) is 23.0. The number of carbonyl (C=O) groups is 1. The zero-order valence-corrected chi connectivity index (χ0v) is 14.2. The lowest BCUT2D eigenvalue weighted by Gasteiger charge is -2.19. The van der Waals surface area contributed by atoms with E-state index in [2.05, 4.69) is 0 Å². The number of imidazole rings is 1. The number of aromatic nitrogens is 2. The van der Waals surface area contributed by atoms with Crippen LogP contribution >= 0.6 is 0 Å². The average Bonchev–Trinajstić information content (AvgIpc) is 3.09. The van der Waals surface area contributed by atoms with E-state index in [0.717, 1.165) is 34.8 Å². The summed E-state index contributed by atoms with van der Waals surface area (Å²) in [5, 5.41) is 0. The van der Waals surface area contributed by atoms with E-state index < -0.39 is 0 Å². The SMILES string of the molecule is COc1ccc(N(C=O)c2c(-c3ccccc3)nc3ccccn23)cc1. The van der Waals surface area contributed by atoms with Crippen molar-refractivity contribution in [3.63, 3.8) is 0 Å². The minimum Gasteiger partial charge on any atom is -0.497 e. The highest BCUT2D eigenvalue weighted by Crippen LogP contribution is 2.35. The molecule has 0 saturated carbocycles. The maximum absolute atomic E-state index is 12.0. The lowest BCUT2D eigenvalue weighted by Crippen LogP contribution is -2.16. The number of carbonyl (C=O) groups excluding carboxylic acids is 1. The van der Waals surface area contributed by atoms with Crippen LogP contribution in [-0.2, 0) is 4.79 Å². The van der Waals surface area contributed by atoms with Crippen molar-refractivity contribution in [2.24, 2.45) is 0 Å². The van der Waals surface area contributed by atoms with Crippen molar-refractivity contribution in [1.82, 2.24) is 9.38 Å². The lowest BCUT2D eigenvalue weighted by atomic mass is 10.1. The highest BCUT2D eigenvalue weighted by molar-refractivity contribution is 5.92. The molecule has 0 aliphatic carbocycles. The summed E-state index contributed by atoms with van der Waals surface area (Å²) in [7, 11) is 1.62. The molecule has 2 aromatic heterocycles. The number of rotatable bonds is 5. The molecule has 2 aromatic carbocycles. The van der Waals surface area contributed by atoms with E-state index in [1.165, 1.54) is 0 Å². The molecular weight excluding hydrogens is 326 g/mol. The number of nitrogens with zero attached hydrogens (tertiary/aromatic N) is 3. The quantitative estimate of drug-likeness (QED) is 0.508. The molecule has 0 saturated heterocycles. The van der Waals surface area contributed by atoms with Crippen molar-refractivity contribution in [3.8, 4) is 17.0 Å². The number of hydrogen-bond acceptors (Lipinski definition) is 3. The molecule has 2 heterocycles. The fourth-order valence-corrected chi connectivity index (χ4v) is 2.98. The fraction of sp³-hybridized carbons (Fsp3) is 0.0476. The zero-order valence-electron chi connectivity index (χ0n) is 14.2. The first-order chi connectivity index (χ1) is 12.8. The Hall–Kier alpha value is -3.60. The number of methoxy groups -OCH3 is 1. The summed E-state index contributed by atoms with van der Waals surface area (Å²) in [6.07, 6.45) is 2.72. The molecule has 4 rings (SSSR count). The minimum absolute atomic E-state index is 0.701. The molecule has 0 bridgehead atoms. The second kappa shape index (κ2) is 6.72. The average molecular weight is 343 g/mol. The molecule has 4 aromatic rings. The monoisotopic (exact) mass is 343 g/mol. The van der Waals surface area contributed by atoms with Crippen LogP contribution in [0.25, 0.3) is 16.9 Å². The summed E-state index contributed by atoms with van der Waals surface area (Å²) in [5.74, 6) is 1.44. The predicted octanol–water partition coefficient (Wildman–Crippen LogP) is 4.30. The van der Waals surface area contributed by atoms with E-state index in [1.807, 2.05) is 83.4 Å². The van der Waals surface area contributed by atoms with Gasteiger partial charge < -0.3 is 4.74 Å². The first kappa shape index (κ1) is 15.9. The first-order valence-corrected chi connectivity index (χ1v) is 8.23. The van der Waals surface area contributed by atoms with Crippen LogP contribution in [0.3, 0.4) is 0 Å². The molecule has 0 N–H and O–H groups in total. The van der Waals surface area contributed by atoms with Crippen LogP contribution in [0.5, 0.6) is 5.75 Å². The Morgan fingerprint density at radius 1 is 0.962 bits per heavy atom. The molecule has 0 atom stereocenters. The van der Waals surface area contributed by atoms with Gasteiger partial charge in [0.2, 0.25) is 6.41 Å². The maximum Gasteiger partial charge on any atom is 0.219 e. The fourth-order valence-electron chi connectivity index (χ4n) is 2.98. The Morgan fingerprint density at radius 2 is 1.69 bits per heavy atom. The van der Waals surface area contributed by atoms with Gasteiger partial charge in [-0.3, -0.25) is 14.1 Å². The number of pyridine rings is 1. The number of benzene rings is 2. The van der Waals surface area contributed by atoms with Crippen molar-refractivity contribution in [2.45, 2.75) is 0 Å². The highest BCUT2D eigenvalue weighted by atomic mass is 16.5. The van der Waals surface area contributed by atoms with Gasteiger partial charge in [-0.25, -0.2) is 4.98 Å². The van der Waals surface area contributed by atoms with Gasteiger partial charge in [-0.2, -0.15) is 0 Å². The van der Waals surface area contributed by atoms with Crippen molar-refractivity contribution in [3.05, 3.63) is 79.0 Å². The van der Waals surface area contributed by atoms with E-state index in [9.17, 15) is 4.79 Å². The molecule has 5 nitrogen and oxygen atoms in total. The third-order valence-electron chi connectivity index (χ3n) is 4.24. The molecule has 0 aliphatic heterocycles. The van der Waals surface area contributed by atoms with Crippen molar-refractivity contribution in [1.29, 1.82) is 0 Å². The van der Waals surface area contributed by atoms with Crippen molar-refractivity contribution in [2.75, 3.05) is 12.0 Å². The van der Waals surface area contributed by atoms with Gasteiger partial charge in [-0.05, 0) is 36.4 Å². The second-order valence-corrected chi connectivity index (χ2v) is 5.75. The Morgan fingerprint density at radius 3 is 2.38 bits per heavy atom. The number of anilines is 2.